The van der Waals surface area contributed by atoms with Crippen LogP contribution in [0.4, 0.5) is 0 Å². The largest absolute Gasteiger partial charge is 0.480 e. The van der Waals surface area contributed by atoms with E-state index in [9.17, 15) is 9.59 Å². The molecule has 0 spiro atoms. The van der Waals surface area contributed by atoms with E-state index in [1.54, 1.807) is 18.3 Å². The van der Waals surface area contributed by atoms with Crippen molar-refractivity contribution >= 4 is 23.2 Å². The van der Waals surface area contributed by atoms with E-state index in [0.29, 0.717) is 12.8 Å². The third kappa shape index (κ3) is 6.38. The highest BCUT2D eigenvalue weighted by molar-refractivity contribution is 7.09. The number of aryl methyl sites for hydroxylation is 1. The first kappa shape index (κ1) is 15.7. The van der Waals surface area contributed by atoms with Gasteiger partial charge in [-0.25, -0.2) is 4.79 Å². The lowest BCUT2D eigenvalue weighted by Gasteiger charge is -2.11. The van der Waals surface area contributed by atoms with Gasteiger partial charge < -0.3 is 10.4 Å². The second kappa shape index (κ2) is 8.69. The van der Waals surface area contributed by atoms with Crippen LogP contribution < -0.4 is 5.32 Å². The van der Waals surface area contributed by atoms with Gasteiger partial charge in [0.05, 0.1) is 0 Å². The molecule has 2 N–H and O–H groups in total. The Morgan fingerprint density at radius 1 is 1.37 bits per heavy atom. The maximum Gasteiger partial charge on any atom is 0.326 e. The third-order valence-electron chi connectivity index (χ3n) is 2.95. The molecule has 1 aromatic heterocycles. The zero-order valence-corrected chi connectivity index (χ0v) is 12.0. The van der Waals surface area contributed by atoms with Crippen LogP contribution in [-0.2, 0) is 16.0 Å². The van der Waals surface area contributed by atoms with Gasteiger partial charge >= 0.3 is 5.97 Å². The van der Waals surface area contributed by atoms with Crippen molar-refractivity contribution in [2.24, 2.45) is 0 Å². The first-order valence-electron chi connectivity index (χ1n) is 6.68. The van der Waals surface area contributed by atoms with Crippen molar-refractivity contribution < 1.29 is 14.7 Å². The third-order valence-corrected chi connectivity index (χ3v) is 3.88. The second-order valence-electron chi connectivity index (χ2n) is 4.51. The fraction of sp³-hybridized carbons (Fsp3) is 0.571. The molecule has 0 aliphatic carbocycles. The second-order valence-corrected chi connectivity index (χ2v) is 5.54. The number of hydrogen-bond donors (Lipinski definition) is 2. The van der Waals surface area contributed by atoms with E-state index in [4.69, 9.17) is 5.11 Å². The standard InChI is InChI=1S/C14H21NO3S/c1-2-12(14(17)18)15-13(16)9-5-3-4-7-11-8-6-10-19-11/h6,8,10,12H,2-5,7,9H2,1H3,(H,15,16)(H,17,18). The average Bonchev–Trinajstić information content (AvgIpc) is 2.88. The fourth-order valence-electron chi connectivity index (χ4n) is 1.82. The van der Waals surface area contributed by atoms with E-state index in [2.05, 4.69) is 16.8 Å². The van der Waals surface area contributed by atoms with Gasteiger partial charge in [0.2, 0.25) is 5.91 Å². The molecule has 4 nitrogen and oxygen atoms in total. The Balaban J connectivity index is 2.08. The van der Waals surface area contributed by atoms with E-state index in [-0.39, 0.29) is 5.91 Å². The van der Waals surface area contributed by atoms with Gasteiger partial charge in [-0.1, -0.05) is 19.4 Å². The Morgan fingerprint density at radius 3 is 2.74 bits per heavy atom. The molecule has 0 aromatic carbocycles. The molecular weight excluding hydrogens is 262 g/mol. The number of amides is 1. The highest BCUT2D eigenvalue weighted by Gasteiger charge is 2.16. The molecule has 0 saturated heterocycles. The molecule has 1 atom stereocenters. The molecular formula is C14H21NO3S. The summed E-state index contributed by atoms with van der Waals surface area (Å²) in [5, 5.41) is 13.4. The predicted octanol–water partition coefficient (Wildman–Crippen LogP) is 2.83. The molecule has 0 aliphatic rings. The number of thiophene rings is 1. The number of carboxylic acid groups (broad SMARTS) is 1. The molecule has 0 radical (unpaired) electrons. The summed E-state index contributed by atoms with van der Waals surface area (Å²) in [5.74, 6) is -1.13. The lowest BCUT2D eigenvalue weighted by Crippen LogP contribution is -2.40. The van der Waals surface area contributed by atoms with Gasteiger partial charge in [0, 0.05) is 11.3 Å². The van der Waals surface area contributed by atoms with E-state index in [1.165, 1.54) is 4.88 Å². The van der Waals surface area contributed by atoms with E-state index in [0.717, 1.165) is 25.7 Å². The minimum atomic E-state index is -0.964. The first-order chi connectivity index (χ1) is 9.13. The van der Waals surface area contributed by atoms with Crippen molar-refractivity contribution in [3.8, 4) is 0 Å². The van der Waals surface area contributed by atoms with Crippen LogP contribution in [0.5, 0.6) is 0 Å². The molecule has 1 amide bonds. The molecule has 1 rings (SSSR count). The molecule has 0 bridgehead atoms. The monoisotopic (exact) mass is 283 g/mol. The number of aliphatic carboxylic acids is 1. The lowest BCUT2D eigenvalue weighted by atomic mass is 10.1. The van der Waals surface area contributed by atoms with Gasteiger partial charge in [0.25, 0.3) is 0 Å². The fourth-order valence-corrected chi connectivity index (χ4v) is 2.57. The van der Waals surface area contributed by atoms with Crippen LogP contribution in [0.25, 0.3) is 0 Å². The molecule has 0 saturated carbocycles. The maximum absolute atomic E-state index is 11.5. The van der Waals surface area contributed by atoms with Crippen LogP contribution in [0, 0.1) is 0 Å². The van der Waals surface area contributed by atoms with Crippen molar-refractivity contribution in [1.29, 1.82) is 0 Å². The van der Waals surface area contributed by atoms with Crippen LogP contribution in [-0.4, -0.2) is 23.0 Å². The number of carboxylic acids is 1. The molecule has 106 valence electrons. The highest BCUT2D eigenvalue weighted by Crippen LogP contribution is 2.13. The topological polar surface area (TPSA) is 66.4 Å². The average molecular weight is 283 g/mol. The number of unbranched alkanes of at least 4 members (excludes halogenated alkanes) is 2. The normalized spacial score (nSPS) is 12.1. The van der Waals surface area contributed by atoms with E-state index >= 15 is 0 Å². The van der Waals surface area contributed by atoms with Gasteiger partial charge in [-0.15, -0.1) is 11.3 Å². The molecule has 1 heterocycles. The number of hydrogen-bond acceptors (Lipinski definition) is 3. The van der Waals surface area contributed by atoms with Crippen molar-refractivity contribution in [3.05, 3.63) is 22.4 Å². The zero-order valence-electron chi connectivity index (χ0n) is 11.2. The predicted molar refractivity (Wildman–Crippen MR) is 76.3 cm³/mol. The molecule has 1 unspecified atom stereocenters. The highest BCUT2D eigenvalue weighted by atomic mass is 32.1. The summed E-state index contributed by atoms with van der Waals surface area (Å²) in [6.45, 7) is 1.75. The molecule has 0 aliphatic heterocycles. The quantitative estimate of drug-likeness (QED) is 0.685. The SMILES string of the molecule is CCC(NC(=O)CCCCCc1cccs1)C(=O)O. The minimum Gasteiger partial charge on any atom is -0.480 e. The summed E-state index contributed by atoms with van der Waals surface area (Å²) in [5.41, 5.74) is 0. The van der Waals surface area contributed by atoms with Crippen LogP contribution in [0.1, 0.15) is 43.9 Å². The first-order valence-corrected chi connectivity index (χ1v) is 7.56. The Morgan fingerprint density at radius 2 is 2.16 bits per heavy atom. The Bertz CT molecular complexity index is 389. The van der Waals surface area contributed by atoms with Crippen molar-refractivity contribution in [3.63, 3.8) is 0 Å². The molecule has 19 heavy (non-hydrogen) atoms. The number of carbonyl (C=O) groups excluding carboxylic acids is 1. The number of nitrogens with one attached hydrogen (secondary N) is 1. The number of carbonyl (C=O) groups is 2. The van der Waals surface area contributed by atoms with Crippen LogP contribution >= 0.6 is 11.3 Å². The molecule has 0 fully saturated rings. The van der Waals surface area contributed by atoms with Gasteiger partial charge in [-0.05, 0) is 37.1 Å². The van der Waals surface area contributed by atoms with E-state index in [1.807, 2.05) is 6.07 Å². The lowest BCUT2D eigenvalue weighted by molar-refractivity contribution is -0.141. The summed E-state index contributed by atoms with van der Waals surface area (Å²) in [6, 6.07) is 3.42. The van der Waals surface area contributed by atoms with Gasteiger partial charge in [0.1, 0.15) is 6.04 Å². The Kier molecular flexibility index (Phi) is 7.18. The van der Waals surface area contributed by atoms with Crippen LogP contribution in [0.15, 0.2) is 17.5 Å². The molecule has 1 aromatic rings. The maximum atomic E-state index is 11.5. The summed E-state index contributed by atoms with van der Waals surface area (Å²) in [7, 11) is 0. The van der Waals surface area contributed by atoms with Crippen molar-refractivity contribution in [2.75, 3.05) is 0 Å². The van der Waals surface area contributed by atoms with Gasteiger partial charge in [-0.2, -0.15) is 0 Å². The van der Waals surface area contributed by atoms with Crippen molar-refractivity contribution in [2.45, 2.75) is 51.5 Å². The van der Waals surface area contributed by atoms with Crippen LogP contribution in [0.3, 0.4) is 0 Å². The van der Waals surface area contributed by atoms with Gasteiger partial charge in [-0.3, -0.25) is 4.79 Å². The zero-order chi connectivity index (χ0) is 14.1. The summed E-state index contributed by atoms with van der Waals surface area (Å²) >= 11 is 1.76. The Labute approximate surface area is 117 Å². The van der Waals surface area contributed by atoms with E-state index < -0.39 is 12.0 Å². The minimum absolute atomic E-state index is 0.162. The molecule has 5 heteroatoms. The van der Waals surface area contributed by atoms with Gasteiger partial charge in [0.15, 0.2) is 0 Å². The summed E-state index contributed by atoms with van der Waals surface area (Å²) in [6.07, 6.45) is 4.77. The smallest absolute Gasteiger partial charge is 0.326 e. The van der Waals surface area contributed by atoms with Crippen molar-refractivity contribution in [1.82, 2.24) is 5.32 Å². The summed E-state index contributed by atoms with van der Waals surface area (Å²) < 4.78 is 0. The van der Waals surface area contributed by atoms with Crippen LogP contribution in [0.2, 0.25) is 0 Å². The Hall–Kier alpha value is -1.36. The summed E-state index contributed by atoms with van der Waals surface area (Å²) in [4.78, 5) is 23.7. The number of rotatable bonds is 9.